The number of aliphatic imine (C=N–C) groups is 1. The van der Waals surface area contributed by atoms with Gasteiger partial charge in [0.2, 0.25) is 10.0 Å². The smallest absolute Gasteiger partial charge is 0.240 e. The fraction of sp³-hybridized carbons (Fsp3) is 0.450. The van der Waals surface area contributed by atoms with Crippen molar-refractivity contribution in [1.82, 2.24) is 15.4 Å². The second-order valence-electron chi connectivity index (χ2n) is 6.90. The Bertz CT molecular complexity index is 894. The summed E-state index contributed by atoms with van der Waals surface area (Å²) in [5.41, 5.74) is 0.963. The molecule has 2 aromatic rings. The molecule has 1 aliphatic heterocycles. The highest BCUT2D eigenvalue weighted by Gasteiger charge is 2.20. The average molecular weight is 564 g/mol. The normalized spacial score (nSPS) is 15.5. The van der Waals surface area contributed by atoms with Crippen LogP contribution in [0.2, 0.25) is 0 Å². The number of nitrogens with zero attached hydrogens (tertiary/aromatic N) is 2. The van der Waals surface area contributed by atoms with Crippen molar-refractivity contribution >= 4 is 56.3 Å². The summed E-state index contributed by atoms with van der Waals surface area (Å²) in [5, 5.41) is 10.3. The zero-order valence-corrected chi connectivity index (χ0v) is 21.3. The number of sulfonamides is 1. The maximum absolute atomic E-state index is 11.8. The summed E-state index contributed by atoms with van der Waals surface area (Å²) >= 11 is 1.79. The molecule has 0 unspecified atom stereocenters. The molecule has 0 radical (unpaired) electrons. The first kappa shape index (κ1) is 24.9. The molecule has 0 spiro atoms. The molecule has 1 saturated heterocycles. The van der Waals surface area contributed by atoms with Gasteiger partial charge >= 0.3 is 0 Å². The van der Waals surface area contributed by atoms with Crippen molar-refractivity contribution in [2.45, 2.75) is 37.2 Å². The molecule has 2 heterocycles. The van der Waals surface area contributed by atoms with Crippen LogP contribution in [0.3, 0.4) is 0 Å². The molecule has 3 rings (SSSR count). The van der Waals surface area contributed by atoms with Crippen LogP contribution in [0.4, 0.5) is 5.00 Å². The Morgan fingerprint density at radius 1 is 1.20 bits per heavy atom. The third-order valence-corrected chi connectivity index (χ3v) is 7.28. The number of hydrogen-bond acceptors (Lipinski definition) is 5. The average Bonchev–Trinajstić information content (AvgIpc) is 3.28. The lowest BCUT2D eigenvalue weighted by atomic mass is 10.1. The van der Waals surface area contributed by atoms with E-state index in [2.05, 4.69) is 42.8 Å². The Balaban J connectivity index is 0.00000320. The maximum atomic E-state index is 11.8. The standard InChI is InChI=1S/C20H29N5O2S2.HI/c1-3-22-20(23-15-16-6-8-18(9-7-16)29(26,27)21-2)24-17-10-12-25(13-11-17)19-5-4-14-28-19;/h4-9,14,17,21H,3,10-13,15H2,1-2H3,(H2,22,23,24);1H. The Labute approximate surface area is 200 Å². The number of thiophene rings is 1. The molecule has 0 aliphatic carbocycles. The summed E-state index contributed by atoms with van der Waals surface area (Å²) in [6, 6.07) is 11.5. The van der Waals surface area contributed by atoms with Crippen molar-refractivity contribution in [3.8, 4) is 0 Å². The van der Waals surface area contributed by atoms with E-state index >= 15 is 0 Å². The summed E-state index contributed by atoms with van der Waals surface area (Å²) in [5.74, 6) is 0.800. The second kappa shape index (κ2) is 11.9. The van der Waals surface area contributed by atoms with Crippen LogP contribution in [0.5, 0.6) is 0 Å². The number of piperidine rings is 1. The van der Waals surface area contributed by atoms with E-state index in [1.807, 2.05) is 6.92 Å². The van der Waals surface area contributed by atoms with Crippen molar-refractivity contribution in [2.75, 3.05) is 31.6 Å². The van der Waals surface area contributed by atoms with Gasteiger partial charge in [-0.25, -0.2) is 18.1 Å². The number of rotatable bonds is 7. The van der Waals surface area contributed by atoms with Crippen LogP contribution >= 0.6 is 35.3 Å². The van der Waals surface area contributed by atoms with E-state index in [4.69, 9.17) is 0 Å². The van der Waals surface area contributed by atoms with Crippen LogP contribution in [0.1, 0.15) is 25.3 Å². The van der Waals surface area contributed by atoms with Crippen LogP contribution in [0.25, 0.3) is 0 Å². The third kappa shape index (κ3) is 6.82. The maximum Gasteiger partial charge on any atom is 0.240 e. The van der Waals surface area contributed by atoms with Crippen LogP contribution < -0.4 is 20.3 Å². The van der Waals surface area contributed by atoms with Gasteiger partial charge in [0, 0.05) is 25.7 Å². The highest BCUT2D eigenvalue weighted by atomic mass is 127. The number of halogens is 1. The first-order valence-electron chi connectivity index (χ1n) is 9.87. The van der Waals surface area contributed by atoms with Crippen LogP contribution in [-0.4, -0.2) is 47.1 Å². The lowest BCUT2D eigenvalue weighted by Gasteiger charge is -2.33. The number of guanidine groups is 1. The van der Waals surface area contributed by atoms with Gasteiger partial charge in [0.1, 0.15) is 0 Å². The Morgan fingerprint density at radius 2 is 1.90 bits per heavy atom. The quantitative estimate of drug-likeness (QED) is 0.274. The van der Waals surface area contributed by atoms with Crippen LogP contribution in [-0.2, 0) is 16.6 Å². The Hall–Kier alpha value is -1.37. The van der Waals surface area contributed by atoms with E-state index < -0.39 is 10.0 Å². The van der Waals surface area contributed by atoms with Crippen LogP contribution in [0.15, 0.2) is 51.7 Å². The van der Waals surface area contributed by atoms with E-state index in [0.717, 1.165) is 44.0 Å². The number of anilines is 1. The van der Waals surface area contributed by atoms with E-state index in [1.165, 1.54) is 12.0 Å². The molecule has 166 valence electrons. The summed E-state index contributed by atoms with van der Waals surface area (Å²) in [6.07, 6.45) is 2.14. The van der Waals surface area contributed by atoms with Gasteiger partial charge < -0.3 is 15.5 Å². The molecule has 0 bridgehead atoms. The van der Waals surface area contributed by atoms with E-state index in [0.29, 0.717) is 12.6 Å². The molecule has 1 aromatic heterocycles. The third-order valence-electron chi connectivity index (χ3n) is 4.92. The molecule has 0 saturated carbocycles. The molecular weight excluding hydrogens is 533 g/mol. The molecule has 7 nitrogen and oxygen atoms in total. The summed E-state index contributed by atoms with van der Waals surface area (Å²) in [6.45, 7) is 5.41. The molecule has 0 atom stereocenters. The fourth-order valence-corrected chi connectivity index (χ4v) is 4.79. The predicted molar refractivity (Wildman–Crippen MR) is 136 cm³/mol. The van der Waals surface area contributed by atoms with E-state index in [1.54, 1.807) is 35.6 Å². The first-order chi connectivity index (χ1) is 14.0. The molecule has 0 amide bonds. The summed E-state index contributed by atoms with van der Waals surface area (Å²) in [4.78, 5) is 7.37. The minimum absolute atomic E-state index is 0. The lowest BCUT2D eigenvalue weighted by molar-refractivity contribution is 0.463. The molecule has 1 fully saturated rings. The largest absolute Gasteiger partial charge is 0.363 e. The minimum Gasteiger partial charge on any atom is -0.363 e. The highest BCUT2D eigenvalue weighted by molar-refractivity contribution is 14.0. The minimum atomic E-state index is -3.41. The number of hydrogen-bond donors (Lipinski definition) is 3. The first-order valence-corrected chi connectivity index (χ1v) is 12.2. The van der Waals surface area contributed by atoms with E-state index in [9.17, 15) is 8.42 Å². The Morgan fingerprint density at radius 3 is 2.47 bits per heavy atom. The number of benzene rings is 1. The molecule has 1 aromatic carbocycles. The van der Waals surface area contributed by atoms with Crippen molar-refractivity contribution in [3.05, 3.63) is 47.3 Å². The summed E-state index contributed by atoms with van der Waals surface area (Å²) in [7, 11) is -2.00. The van der Waals surface area contributed by atoms with Gasteiger partial charge in [-0.1, -0.05) is 12.1 Å². The Kier molecular flexibility index (Phi) is 9.85. The zero-order valence-electron chi connectivity index (χ0n) is 17.3. The SMILES string of the molecule is CCNC(=NCc1ccc(S(=O)(=O)NC)cc1)NC1CCN(c2cccs2)CC1.I. The van der Waals surface area contributed by atoms with Gasteiger partial charge in [0.05, 0.1) is 16.4 Å². The van der Waals surface area contributed by atoms with Crippen LogP contribution in [0, 0.1) is 0 Å². The molecule has 30 heavy (non-hydrogen) atoms. The molecule has 3 N–H and O–H groups in total. The van der Waals surface area contributed by atoms with Gasteiger partial charge in [-0.05, 0) is 62.0 Å². The van der Waals surface area contributed by atoms with E-state index in [-0.39, 0.29) is 28.9 Å². The van der Waals surface area contributed by atoms with Gasteiger partial charge in [-0.2, -0.15) is 0 Å². The summed E-state index contributed by atoms with van der Waals surface area (Å²) < 4.78 is 26.0. The van der Waals surface area contributed by atoms with Gasteiger partial charge in [0.25, 0.3) is 0 Å². The molecule has 10 heteroatoms. The van der Waals surface area contributed by atoms with Gasteiger partial charge in [0.15, 0.2) is 5.96 Å². The van der Waals surface area contributed by atoms with Crippen molar-refractivity contribution < 1.29 is 8.42 Å². The second-order valence-corrected chi connectivity index (χ2v) is 9.72. The topological polar surface area (TPSA) is 85.8 Å². The lowest BCUT2D eigenvalue weighted by Crippen LogP contribution is -2.48. The molecular formula is C20H30IN5O2S2. The highest BCUT2D eigenvalue weighted by Crippen LogP contribution is 2.24. The predicted octanol–water partition coefficient (Wildman–Crippen LogP) is 3.00. The van der Waals surface area contributed by atoms with Gasteiger partial charge in [-0.3, -0.25) is 0 Å². The van der Waals surface area contributed by atoms with Gasteiger partial charge in [-0.15, -0.1) is 35.3 Å². The number of nitrogens with one attached hydrogen (secondary N) is 3. The zero-order chi connectivity index (χ0) is 20.7. The monoisotopic (exact) mass is 563 g/mol. The van der Waals surface area contributed by atoms with Crippen molar-refractivity contribution in [2.24, 2.45) is 4.99 Å². The fourth-order valence-electron chi connectivity index (χ4n) is 3.27. The van der Waals surface area contributed by atoms with Crippen molar-refractivity contribution in [1.29, 1.82) is 0 Å². The van der Waals surface area contributed by atoms with Crippen molar-refractivity contribution in [3.63, 3.8) is 0 Å². The molecule has 1 aliphatic rings.